The molecule has 116 valence electrons. The number of hydrogen-bond acceptors (Lipinski definition) is 3. The van der Waals surface area contributed by atoms with Crippen molar-refractivity contribution in [3.63, 3.8) is 0 Å². The Balaban J connectivity index is 2.32. The number of likely N-dealkylation sites (tertiary alicyclic amines) is 1. The number of nitrogens with two attached hydrogens (primary N) is 1. The molecule has 1 atom stereocenters. The predicted octanol–water partition coefficient (Wildman–Crippen LogP) is 1.27. The van der Waals surface area contributed by atoms with E-state index in [9.17, 15) is 9.59 Å². The maximum atomic E-state index is 11.9. The fraction of sp³-hybridized carbons (Fsp3) is 0.867. The van der Waals surface area contributed by atoms with Gasteiger partial charge >= 0.3 is 0 Å². The zero-order valence-corrected chi connectivity index (χ0v) is 13.0. The second-order valence-electron chi connectivity index (χ2n) is 6.16. The third kappa shape index (κ3) is 5.49. The molecule has 0 spiro atoms. The lowest BCUT2D eigenvalue weighted by Gasteiger charge is -2.33. The summed E-state index contributed by atoms with van der Waals surface area (Å²) < 4.78 is 0. The molecule has 2 amide bonds. The van der Waals surface area contributed by atoms with Crippen LogP contribution in [0.2, 0.25) is 0 Å². The van der Waals surface area contributed by atoms with Gasteiger partial charge in [-0.2, -0.15) is 0 Å². The summed E-state index contributed by atoms with van der Waals surface area (Å²) in [5.74, 6) is 0.568. The van der Waals surface area contributed by atoms with Crippen LogP contribution in [0.3, 0.4) is 0 Å². The Morgan fingerprint density at radius 3 is 2.40 bits per heavy atom. The molecule has 0 bridgehead atoms. The number of nitrogens with zero attached hydrogens (tertiary/aromatic N) is 1. The second kappa shape index (κ2) is 8.25. The van der Waals surface area contributed by atoms with Crippen molar-refractivity contribution in [1.82, 2.24) is 10.2 Å². The Bertz CT molecular complexity index is 323. The van der Waals surface area contributed by atoms with Gasteiger partial charge in [0.05, 0.1) is 6.04 Å². The van der Waals surface area contributed by atoms with Gasteiger partial charge in [-0.3, -0.25) is 9.59 Å². The van der Waals surface area contributed by atoms with Gasteiger partial charge in [0.2, 0.25) is 11.8 Å². The Morgan fingerprint density at radius 1 is 1.30 bits per heavy atom. The van der Waals surface area contributed by atoms with E-state index in [1.54, 1.807) is 0 Å². The predicted molar refractivity (Wildman–Crippen MR) is 80.1 cm³/mol. The summed E-state index contributed by atoms with van der Waals surface area (Å²) in [5, 5.41) is 3.00. The second-order valence-corrected chi connectivity index (χ2v) is 6.16. The molecule has 5 heteroatoms. The van der Waals surface area contributed by atoms with Crippen LogP contribution in [0.25, 0.3) is 0 Å². The number of rotatable bonds is 6. The minimum atomic E-state index is -0.402. The van der Waals surface area contributed by atoms with E-state index in [1.165, 1.54) is 0 Å². The van der Waals surface area contributed by atoms with Gasteiger partial charge in [-0.05, 0) is 25.2 Å². The fourth-order valence-electron chi connectivity index (χ4n) is 2.50. The van der Waals surface area contributed by atoms with Crippen LogP contribution in [0, 0.1) is 5.92 Å². The Labute approximate surface area is 122 Å². The summed E-state index contributed by atoms with van der Waals surface area (Å²) in [6.07, 6.45) is 3.90. The largest absolute Gasteiger partial charge is 0.352 e. The van der Waals surface area contributed by atoms with Crippen LogP contribution in [-0.2, 0) is 9.59 Å². The van der Waals surface area contributed by atoms with Crippen molar-refractivity contribution in [3.8, 4) is 0 Å². The molecule has 3 N–H and O–H groups in total. The van der Waals surface area contributed by atoms with Crippen molar-refractivity contribution >= 4 is 11.8 Å². The van der Waals surface area contributed by atoms with Gasteiger partial charge in [0.1, 0.15) is 0 Å². The molecule has 1 saturated heterocycles. The van der Waals surface area contributed by atoms with E-state index in [-0.39, 0.29) is 17.9 Å². The summed E-state index contributed by atoms with van der Waals surface area (Å²) in [6, 6.07) is -0.242. The van der Waals surface area contributed by atoms with Gasteiger partial charge in [-0.25, -0.2) is 0 Å². The van der Waals surface area contributed by atoms with Crippen LogP contribution >= 0.6 is 0 Å². The number of carbonyl (C=O) groups excluding carboxylic acids is 2. The zero-order valence-electron chi connectivity index (χ0n) is 13.0. The van der Waals surface area contributed by atoms with Crippen molar-refractivity contribution in [3.05, 3.63) is 0 Å². The summed E-state index contributed by atoms with van der Waals surface area (Å²) in [5.41, 5.74) is 5.80. The average molecular weight is 283 g/mol. The standard InChI is InChI=1S/C15H29N3O2/c1-4-5-13(16)15(20)17-12-6-8-18(9-7-12)14(19)10-11(2)3/h11-13H,4-10,16H2,1-3H3,(H,17,20). The lowest BCUT2D eigenvalue weighted by molar-refractivity contribution is -0.133. The molecular formula is C15H29N3O2. The number of hydrogen-bond donors (Lipinski definition) is 2. The van der Waals surface area contributed by atoms with Crippen LogP contribution in [0.15, 0.2) is 0 Å². The van der Waals surface area contributed by atoms with Gasteiger partial charge in [-0.1, -0.05) is 27.2 Å². The number of carbonyl (C=O) groups is 2. The molecule has 1 heterocycles. The van der Waals surface area contributed by atoms with Crippen molar-refractivity contribution in [2.75, 3.05) is 13.1 Å². The molecule has 0 aromatic heterocycles. The number of amides is 2. The Morgan fingerprint density at radius 2 is 1.90 bits per heavy atom. The van der Waals surface area contributed by atoms with Crippen molar-refractivity contribution < 1.29 is 9.59 Å². The fourth-order valence-corrected chi connectivity index (χ4v) is 2.50. The van der Waals surface area contributed by atoms with E-state index in [0.717, 1.165) is 38.8 Å². The third-order valence-corrected chi connectivity index (χ3v) is 3.71. The number of piperidine rings is 1. The lowest BCUT2D eigenvalue weighted by Crippen LogP contribution is -2.50. The van der Waals surface area contributed by atoms with E-state index in [1.807, 2.05) is 11.8 Å². The molecule has 0 aliphatic carbocycles. The van der Waals surface area contributed by atoms with Crippen molar-refractivity contribution in [2.24, 2.45) is 11.7 Å². The topological polar surface area (TPSA) is 75.4 Å². The highest BCUT2D eigenvalue weighted by atomic mass is 16.2. The molecule has 1 unspecified atom stereocenters. The zero-order chi connectivity index (χ0) is 15.1. The third-order valence-electron chi connectivity index (χ3n) is 3.71. The quantitative estimate of drug-likeness (QED) is 0.770. The van der Waals surface area contributed by atoms with Crippen LogP contribution in [0.1, 0.15) is 52.9 Å². The molecule has 1 fully saturated rings. The minimum absolute atomic E-state index is 0.0567. The van der Waals surface area contributed by atoms with Gasteiger partial charge in [-0.15, -0.1) is 0 Å². The highest BCUT2D eigenvalue weighted by Crippen LogP contribution is 2.13. The van der Waals surface area contributed by atoms with Crippen LogP contribution in [-0.4, -0.2) is 41.9 Å². The van der Waals surface area contributed by atoms with Crippen molar-refractivity contribution in [2.45, 2.75) is 65.0 Å². The molecular weight excluding hydrogens is 254 g/mol. The molecule has 20 heavy (non-hydrogen) atoms. The Hall–Kier alpha value is -1.10. The normalized spacial score (nSPS) is 18.1. The molecule has 1 aliphatic rings. The SMILES string of the molecule is CCCC(N)C(=O)NC1CCN(C(=O)CC(C)C)CC1. The van der Waals surface area contributed by atoms with E-state index in [0.29, 0.717) is 12.3 Å². The summed E-state index contributed by atoms with van der Waals surface area (Å²) in [4.78, 5) is 25.7. The van der Waals surface area contributed by atoms with Crippen LogP contribution < -0.4 is 11.1 Å². The van der Waals surface area contributed by atoms with Gasteiger partial charge in [0.25, 0.3) is 0 Å². The molecule has 1 aliphatic heterocycles. The minimum Gasteiger partial charge on any atom is -0.352 e. The monoisotopic (exact) mass is 283 g/mol. The van der Waals surface area contributed by atoms with Crippen LogP contribution in [0.5, 0.6) is 0 Å². The first kappa shape index (κ1) is 17.0. The van der Waals surface area contributed by atoms with E-state index in [4.69, 9.17) is 5.73 Å². The molecule has 0 aromatic rings. The maximum Gasteiger partial charge on any atom is 0.237 e. The van der Waals surface area contributed by atoms with E-state index >= 15 is 0 Å². The average Bonchev–Trinajstić information content (AvgIpc) is 2.39. The first-order chi connectivity index (χ1) is 9.43. The van der Waals surface area contributed by atoms with E-state index < -0.39 is 6.04 Å². The summed E-state index contributed by atoms with van der Waals surface area (Å²) in [7, 11) is 0. The van der Waals surface area contributed by atoms with Gasteiger partial charge in [0.15, 0.2) is 0 Å². The highest BCUT2D eigenvalue weighted by molar-refractivity contribution is 5.81. The van der Waals surface area contributed by atoms with E-state index in [2.05, 4.69) is 19.2 Å². The number of nitrogens with one attached hydrogen (secondary N) is 1. The molecule has 0 saturated carbocycles. The summed E-state index contributed by atoms with van der Waals surface area (Å²) >= 11 is 0. The van der Waals surface area contributed by atoms with Gasteiger partial charge < -0.3 is 16.0 Å². The van der Waals surface area contributed by atoms with Crippen LogP contribution in [0.4, 0.5) is 0 Å². The summed E-state index contributed by atoms with van der Waals surface area (Å²) in [6.45, 7) is 7.60. The molecule has 1 rings (SSSR count). The smallest absolute Gasteiger partial charge is 0.237 e. The first-order valence-electron chi connectivity index (χ1n) is 7.77. The molecule has 5 nitrogen and oxygen atoms in total. The van der Waals surface area contributed by atoms with Gasteiger partial charge in [0, 0.05) is 25.6 Å². The maximum absolute atomic E-state index is 11.9. The lowest BCUT2D eigenvalue weighted by atomic mass is 10.0. The molecule has 0 aromatic carbocycles. The highest BCUT2D eigenvalue weighted by Gasteiger charge is 2.25. The van der Waals surface area contributed by atoms with Crippen molar-refractivity contribution in [1.29, 1.82) is 0 Å². The molecule has 0 radical (unpaired) electrons. The Kier molecular flexibility index (Phi) is 6.99. The first-order valence-corrected chi connectivity index (χ1v) is 7.77.